The second-order valence-electron chi connectivity index (χ2n) is 6.13. The van der Waals surface area contributed by atoms with Gasteiger partial charge < -0.3 is 34.2 Å². The molecule has 1 fully saturated rings. The van der Waals surface area contributed by atoms with Crippen molar-refractivity contribution in [2.75, 3.05) is 0 Å². The van der Waals surface area contributed by atoms with E-state index in [1.54, 1.807) is 0 Å². The van der Waals surface area contributed by atoms with Crippen molar-refractivity contribution >= 4 is 51.4 Å². The van der Waals surface area contributed by atoms with Crippen molar-refractivity contribution in [3.8, 4) is 12.3 Å². The van der Waals surface area contributed by atoms with Gasteiger partial charge in [-0.1, -0.05) is 5.92 Å². The third-order valence-electron chi connectivity index (χ3n) is 3.90. The first-order valence-corrected chi connectivity index (χ1v) is 11.0. The van der Waals surface area contributed by atoms with Gasteiger partial charge in [-0.3, -0.25) is 14.3 Å². The molecule has 2 rings (SSSR count). The number of aromatic nitrogens is 2. The molecule has 6 radical (unpaired) electrons. The highest BCUT2D eigenvalue weighted by Crippen LogP contribution is 2.61. The predicted molar refractivity (Wildman–Crippen MR) is 103 cm³/mol. The molecule has 0 bridgehead atoms. The van der Waals surface area contributed by atoms with Gasteiger partial charge in [0.2, 0.25) is 0 Å². The number of phosphoric ester groups is 1. The first-order valence-electron chi connectivity index (χ1n) is 7.55. The Kier molecular flexibility index (Phi) is 6.80. The molecular weight excluding hydrogens is 482 g/mol. The summed E-state index contributed by atoms with van der Waals surface area (Å²) in [5.74, 6) is -2.10. The van der Waals surface area contributed by atoms with Crippen molar-refractivity contribution < 1.29 is 52.0 Å². The number of rotatable bonds is 6. The number of terminal acetylenes is 1. The van der Waals surface area contributed by atoms with E-state index in [1.165, 1.54) is 0 Å². The first kappa shape index (κ1) is 26.2. The average molecular weight is 492 g/mol. The van der Waals surface area contributed by atoms with Gasteiger partial charge in [0.05, 0.1) is 5.40 Å². The molecule has 162 valence electrons. The predicted octanol–water partition coefficient (Wildman–Crippen LogP) is -2.70. The van der Waals surface area contributed by atoms with Crippen LogP contribution in [-0.2, 0) is 28.3 Å². The van der Waals surface area contributed by atoms with Crippen LogP contribution in [0.5, 0.6) is 0 Å². The summed E-state index contributed by atoms with van der Waals surface area (Å²) in [5, 5.41) is 16.7. The van der Waals surface area contributed by atoms with Crippen LogP contribution in [0, 0.1) is 17.1 Å². The van der Waals surface area contributed by atoms with E-state index in [-0.39, 0.29) is 0 Å². The second kappa shape index (κ2) is 8.05. The summed E-state index contributed by atoms with van der Waals surface area (Å²) >= 11 is 4.84. The zero-order valence-corrected chi connectivity index (χ0v) is 17.5. The van der Waals surface area contributed by atoms with Crippen LogP contribution < -0.4 is 5.56 Å². The number of phosphoric acid groups is 2. The third kappa shape index (κ3) is 4.82. The van der Waals surface area contributed by atoms with Gasteiger partial charge in [-0.15, -0.1) is 6.42 Å². The number of aromatic amines is 1. The lowest BCUT2D eigenvalue weighted by atomic mass is 9.59. The molecule has 1 aromatic heterocycles. The van der Waals surface area contributed by atoms with Gasteiger partial charge in [0.25, 0.3) is 11.4 Å². The Morgan fingerprint density at radius 3 is 2.39 bits per heavy atom. The van der Waals surface area contributed by atoms with E-state index in [0.717, 1.165) is 6.20 Å². The lowest BCUT2D eigenvalue weighted by molar-refractivity contribution is -0.239. The number of halogens is 1. The van der Waals surface area contributed by atoms with Gasteiger partial charge in [0.1, 0.15) is 46.9 Å². The van der Waals surface area contributed by atoms with E-state index in [0.29, 0.717) is 4.57 Å². The Bertz CT molecular complexity index is 1150. The van der Waals surface area contributed by atoms with Crippen molar-refractivity contribution in [2.45, 2.75) is 29.1 Å². The molecule has 13 nitrogen and oxygen atoms in total. The normalized spacial score (nSPS) is 31.1. The summed E-state index contributed by atoms with van der Waals surface area (Å²) in [6.07, 6.45) is 0.573. The number of alkyl halides is 1. The van der Waals surface area contributed by atoms with Gasteiger partial charge in [-0.2, -0.15) is 4.31 Å². The number of nitrogens with one attached hydrogen (secondary N) is 1. The highest BCUT2D eigenvalue weighted by Gasteiger charge is 2.68. The molecular formula is C11H10B3FN2O11P2S. The van der Waals surface area contributed by atoms with Gasteiger partial charge in [0, 0.05) is 6.20 Å². The van der Waals surface area contributed by atoms with Crippen LogP contribution in [0.15, 0.2) is 11.0 Å². The molecule has 1 aromatic rings. The van der Waals surface area contributed by atoms with Crippen molar-refractivity contribution in [2.24, 2.45) is 0 Å². The molecule has 6 N–H and O–H groups in total. The Balaban J connectivity index is 2.55. The zero-order chi connectivity index (χ0) is 24.2. The zero-order valence-electron chi connectivity index (χ0n) is 14.9. The molecule has 0 aromatic carbocycles. The number of aliphatic hydroxyl groups excluding tert-OH is 2. The highest BCUT2D eigenvalue weighted by atomic mass is 32.1. The van der Waals surface area contributed by atoms with Crippen LogP contribution in [0.1, 0.15) is 5.56 Å². The number of hydrogen-bond acceptors (Lipinski definition) is 9. The Morgan fingerprint density at radius 1 is 1.35 bits per heavy atom. The standard InChI is InChI=1S/C11H10B3FN2O11P2S/c1-2-4-3-17(8(31)16-7(4)20)10(12)6(19)5(18)9(15,26-10)11(13,14)27-30(24,25)28-29(21,22)23/h1,3,5-6,18-19H,(H,24,25)(H,16,20,31)(H2,21,22,23)/t5-,6+,9-,10-/m0/s1. The van der Waals surface area contributed by atoms with Crippen LogP contribution in [0.3, 0.4) is 0 Å². The fourth-order valence-electron chi connectivity index (χ4n) is 2.53. The van der Waals surface area contributed by atoms with Gasteiger partial charge in [0.15, 0.2) is 4.77 Å². The van der Waals surface area contributed by atoms with Gasteiger partial charge in [-0.05, 0) is 12.2 Å². The summed E-state index contributed by atoms with van der Waals surface area (Å²) in [6, 6.07) is 0. The maximum absolute atomic E-state index is 15.5. The Hall–Kier alpha value is -1.08. The molecule has 1 aliphatic rings. The maximum Gasteiger partial charge on any atom is 0.480 e. The van der Waals surface area contributed by atoms with Crippen molar-refractivity contribution in [1.82, 2.24) is 9.55 Å². The van der Waals surface area contributed by atoms with Gasteiger partial charge >= 0.3 is 15.6 Å². The van der Waals surface area contributed by atoms with Crippen LogP contribution in [0.25, 0.3) is 0 Å². The van der Waals surface area contributed by atoms with Crippen LogP contribution >= 0.6 is 27.9 Å². The average Bonchev–Trinajstić information content (AvgIpc) is 2.74. The molecule has 0 spiro atoms. The lowest BCUT2D eigenvalue weighted by Gasteiger charge is -2.41. The molecule has 1 unspecified atom stereocenters. The van der Waals surface area contributed by atoms with Crippen molar-refractivity contribution in [3.63, 3.8) is 0 Å². The van der Waals surface area contributed by atoms with Crippen LogP contribution in [0.4, 0.5) is 4.39 Å². The van der Waals surface area contributed by atoms with Crippen molar-refractivity contribution in [3.05, 3.63) is 26.9 Å². The van der Waals surface area contributed by atoms with E-state index in [2.05, 4.69) is 8.83 Å². The Morgan fingerprint density at radius 2 is 1.90 bits per heavy atom. The fourth-order valence-corrected chi connectivity index (χ4v) is 4.53. The number of ether oxygens (including phenoxy) is 1. The number of nitrogens with zero attached hydrogens (tertiary/aromatic N) is 1. The molecule has 0 saturated carbocycles. The topological polar surface area (TPSA) is 201 Å². The van der Waals surface area contributed by atoms with Crippen molar-refractivity contribution in [1.29, 1.82) is 0 Å². The summed E-state index contributed by atoms with van der Waals surface area (Å²) in [6.45, 7) is 0. The van der Waals surface area contributed by atoms with E-state index < -0.39 is 60.6 Å². The minimum Gasteiger partial charge on any atom is -0.386 e. The summed E-state index contributed by atoms with van der Waals surface area (Å²) in [5.41, 5.74) is -4.17. The highest BCUT2D eigenvalue weighted by molar-refractivity contribution is 7.71. The van der Waals surface area contributed by atoms with Crippen LogP contribution in [0.2, 0.25) is 0 Å². The van der Waals surface area contributed by atoms with Crippen LogP contribution in [-0.4, -0.2) is 81.4 Å². The molecule has 1 aliphatic heterocycles. The molecule has 1 saturated heterocycles. The van der Waals surface area contributed by atoms with E-state index in [9.17, 15) is 29.0 Å². The van der Waals surface area contributed by atoms with E-state index in [1.807, 2.05) is 10.9 Å². The molecule has 20 heteroatoms. The monoisotopic (exact) mass is 492 g/mol. The summed E-state index contributed by atoms with van der Waals surface area (Å²) < 4.78 is 50.2. The SMILES string of the molecule is [B]C([B])(OP(=O)(O)OP(=O)(O)O)[C@@]1(F)O[C@@]([B])(n2cc(C#C)c(=O)[nH]c2=S)[C@H](O)[C@@H]1O. The smallest absolute Gasteiger partial charge is 0.386 e. The maximum atomic E-state index is 15.5. The minimum absolute atomic E-state index is 0.419. The molecule has 2 heterocycles. The van der Waals surface area contributed by atoms with E-state index >= 15 is 4.39 Å². The van der Waals surface area contributed by atoms with E-state index in [4.69, 9.17) is 56.7 Å². The third-order valence-corrected chi connectivity index (χ3v) is 6.41. The Labute approximate surface area is 181 Å². The summed E-state index contributed by atoms with van der Waals surface area (Å²) in [4.78, 5) is 40.3. The number of hydrogen-bond donors (Lipinski definition) is 6. The minimum atomic E-state index is -5.89. The summed E-state index contributed by atoms with van der Waals surface area (Å²) in [7, 11) is 4.79. The lowest BCUT2D eigenvalue weighted by Crippen LogP contribution is -2.60. The molecule has 0 aliphatic carbocycles. The largest absolute Gasteiger partial charge is 0.480 e. The van der Waals surface area contributed by atoms with Gasteiger partial charge in [-0.25, -0.2) is 13.5 Å². The quantitative estimate of drug-likeness (QED) is 0.104. The second-order valence-corrected chi connectivity index (χ2v) is 9.27. The number of H-pyrrole nitrogens is 1. The molecule has 31 heavy (non-hydrogen) atoms. The number of aliphatic hydroxyl groups is 2. The molecule has 0 amide bonds. The first-order chi connectivity index (χ1) is 13.8. The molecule has 5 atom stereocenters. The fraction of sp³-hybridized carbons (Fsp3) is 0.455.